The van der Waals surface area contributed by atoms with E-state index >= 15 is 0 Å². The minimum Gasteiger partial charge on any atom is -0.444 e. The molecule has 4 nitrogen and oxygen atoms in total. The molecule has 0 aliphatic heterocycles. The molecule has 0 spiro atoms. The number of rotatable bonds is 8. The summed E-state index contributed by atoms with van der Waals surface area (Å²) in [5.41, 5.74) is 1.86. The third-order valence-electron chi connectivity index (χ3n) is 3.59. The van der Waals surface area contributed by atoms with E-state index in [9.17, 15) is 4.79 Å². The molecule has 1 unspecified atom stereocenters. The summed E-state index contributed by atoms with van der Waals surface area (Å²) < 4.78 is 11.0. The van der Waals surface area contributed by atoms with Gasteiger partial charge in [-0.05, 0) is 29.7 Å². The number of carbonyl (C=O) groups is 1. The summed E-state index contributed by atoms with van der Waals surface area (Å²) in [5.74, 6) is 0. The van der Waals surface area contributed by atoms with Crippen molar-refractivity contribution in [3.8, 4) is 0 Å². The molecule has 6 heteroatoms. The fourth-order valence-electron chi connectivity index (χ4n) is 2.14. The number of amides is 1. The predicted molar refractivity (Wildman–Crippen MR) is 100.0 cm³/mol. The number of halogens is 2. The van der Waals surface area contributed by atoms with Crippen LogP contribution in [0, 0.1) is 0 Å². The molecule has 25 heavy (non-hydrogen) atoms. The molecular weight excluding hydrogens is 361 g/mol. The standard InChI is InChI=1S/C19H21Cl2NO3/c1-2-17(13-24-12-15-8-9-16(20)10-18(15)21)25-19(23)22-11-14-6-4-3-5-7-14/h3-10,17H,2,11-13H2,1H3,(H,22,23). The molecule has 0 aromatic heterocycles. The molecule has 0 saturated carbocycles. The van der Waals surface area contributed by atoms with Gasteiger partial charge in [0.05, 0.1) is 13.2 Å². The number of nitrogens with one attached hydrogen (secondary N) is 1. The van der Waals surface area contributed by atoms with Crippen molar-refractivity contribution in [3.63, 3.8) is 0 Å². The van der Waals surface area contributed by atoms with Crippen LogP contribution >= 0.6 is 23.2 Å². The Balaban J connectivity index is 1.73. The van der Waals surface area contributed by atoms with Gasteiger partial charge in [0.2, 0.25) is 0 Å². The van der Waals surface area contributed by atoms with Crippen molar-refractivity contribution in [1.29, 1.82) is 0 Å². The summed E-state index contributed by atoms with van der Waals surface area (Å²) in [6, 6.07) is 14.9. The molecule has 0 aliphatic carbocycles. The van der Waals surface area contributed by atoms with Crippen molar-refractivity contribution < 1.29 is 14.3 Å². The predicted octanol–water partition coefficient (Wildman–Crippen LogP) is 5.22. The van der Waals surface area contributed by atoms with E-state index in [0.29, 0.717) is 36.2 Å². The number of alkyl carbamates (subject to hydrolysis) is 1. The van der Waals surface area contributed by atoms with Crippen molar-refractivity contribution >= 4 is 29.3 Å². The van der Waals surface area contributed by atoms with E-state index < -0.39 is 6.09 Å². The highest BCUT2D eigenvalue weighted by molar-refractivity contribution is 6.35. The Morgan fingerprint density at radius 3 is 2.60 bits per heavy atom. The van der Waals surface area contributed by atoms with Crippen LogP contribution in [0.15, 0.2) is 48.5 Å². The zero-order chi connectivity index (χ0) is 18.1. The van der Waals surface area contributed by atoms with E-state index in [1.807, 2.05) is 43.3 Å². The average Bonchev–Trinajstić information content (AvgIpc) is 2.61. The molecule has 0 radical (unpaired) electrons. The summed E-state index contributed by atoms with van der Waals surface area (Å²) in [5, 5.41) is 3.87. The normalized spacial score (nSPS) is 11.8. The maximum atomic E-state index is 11.9. The zero-order valence-electron chi connectivity index (χ0n) is 14.0. The highest BCUT2D eigenvalue weighted by atomic mass is 35.5. The van der Waals surface area contributed by atoms with E-state index in [1.165, 1.54) is 0 Å². The Morgan fingerprint density at radius 2 is 1.92 bits per heavy atom. The molecule has 1 atom stereocenters. The molecular formula is C19H21Cl2NO3. The van der Waals surface area contributed by atoms with Crippen molar-refractivity contribution in [2.75, 3.05) is 6.61 Å². The van der Waals surface area contributed by atoms with E-state index in [4.69, 9.17) is 32.7 Å². The highest BCUT2D eigenvalue weighted by Crippen LogP contribution is 2.21. The van der Waals surface area contributed by atoms with Crippen LogP contribution in [0.4, 0.5) is 4.79 Å². The quantitative estimate of drug-likeness (QED) is 0.681. The molecule has 0 saturated heterocycles. The van der Waals surface area contributed by atoms with Gasteiger partial charge in [0.15, 0.2) is 0 Å². The van der Waals surface area contributed by atoms with Crippen LogP contribution < -0.4 is 5.32 Å². The van der Waals surface area contributed by atoms with Gasteiger partial charge < -0.3 is 14.8 Å². The number of benzene rings is 2. The lowest BCUT2D eigenvalue weighted by Gasteiger charge is -2.17. The first-order chi connectivity index (χ1) is 12.1. The zero-order valence-corrected chi connectivity index (χ0v) is 15.5. The number of hydrogen-bond donors (Lipinski definition) is 1. The maximum absolute atomic E-state index is 11.9. The van der Waals surface area contributed by atoms with Gasteiger partial charge in [-0.1, -0.05) is 66.5 Å². The Morgan fingerprint density at radius 1 is 1.16 bits per heavy atom. The minimum absolute atomic E-state index is 0.300. The Hall–Kier alpha value is -1.75. The topological polar surface area (TPSA) is 47.6 Å². The Labute approximate surface area is 158 Å². The SMILES string of the molecule is CCC(COCc1ccc(Cl)cc1Cl)OC(=O)NCc1ccccc1. The van der Waals surface area contributed by atoms with Crippen LogP contribution in [0.2, 0.25) is 10.0 Å². The summed E-state index contributed by atoms with van der Waals surface area (Å²) >= 11 is 12.0. The molecule has 0 aliphatic rings. The van der Waals surface area contributed by atoms with Gasteiger partial charge in [-0.25, -0.2) is 4.79 Å². The molecule has 2 aromatic carbocycles. The van der Waals surface area contributed by atoms with Gasteiger partial charge in [-0.2, -0.15) is 0 Å². The lowest BCUT2D eigenvalue weighted by molar-refractivity contribution is 0.0118. The van der Waals surface area contributed by atoms with Crippen LogP contribution in [0.3, 0.4) is 0 Å². The lowest BCUT2D eigenvalue weighted by atomic mass is 10.2. The van der Waals surface area contributed by atoms with Crippen LogP contribution in [0.5, 0.6) is 0 Å². The smallest absolute Gasteiger partial charge is 0.407 e. The van der Waals surface area contributed by atoms with Crippen LogP contribution in [-0.4, -0.2) is 18.8 Å². The van der Waals surface area contributed by atoms with Gasteiger partial charge in [-0.3, -0.25) is 0 Å². The molecule has 2 rings (SSSR count). The van der Waals surface area contributed by atoms with Crippen molar-refractivity contribution in [2.24, 2.45) is 0 Å². The summed E-state index contributed by atoms with van der Waals surface area (Å²) in [6.45, 7) is 3.00. The average molecular weight is 382 g/mol. The first-order valence-electron chi connectivity index (χ1n) is 8.08. The van der Waals surface area contributed by atoms with Crippen molar-refractivity contribution in [1.82, 2.24) is 5.32 Å². The first-order valence-corrected chi connectivity index (χ1v) is 8.84. The van der Waals surface area contributed by atoms with E-state index in [2.05, 4.69) is 5.32 Å². The van der Waals surface area contributed by atoms with E-state index in [0.717, 1.165) is 11.1 Å². The second-order valence-electron chi connectivity index (χ2n) is 5.53. The van der Waals surface area contributed by atoms with Gasteiger partial charge in [0.25, 0.3) is 0 Å². The third kappa shape index (κ3) is 6.94. The molecule has 1 N–H and O–H groups in total. The van der Waals surface area contributed by atoms with Crippen LogP contribution in [0.25, 0.3) is 0 Å². The molecule has 1 amide bonds. The van der Waals surface area contributed by atoms with Gasteiger partial charge in [0, 0.05) is 16.6 Å². The molecule has 0 bridgehead atoms. The maximum Gasteiger partial charge on any atom is 0.407 e. The second kappa shape index (κ2) is 10.3. The van der Waals surface area contributed by atoms with Crippen LogP contribution in [-0.2, 0) is 22.6 Å². The van der Waals surface area contributed by atoms with Crippen molar-refractivity contribution in [3.05, 3.63) is 69.7 Å². The Kier molecular flexibility index (Phi) is 8.06. The summed E-state index contributed by atoms with van der Waals surface area (Å²) in [7, 11) is 0. The lowest BCUT2D eigenvalue weighted by Crippen LogP contribution is -2.30. The van der Waals surface area contributed by atoms with Crippen LogP contribution in [0.1, 0.15) is 24.5 Å². The number of hydrogen-bond acceptors (Lipinski definition) is 3. The monoisotopic (exact) mass is 381 g/mol. The molecule has 134 valence electrons. The summed E-state index contributed by atoms with van der Waals surface area (Å²) in [6.07, 6.45) is -0.113. The van der Waals surface area contributed by atoms with E-state index in [-0.39, 0.29) is 6.10 Å². The van der Waals surface area contributed by atoms with E-state index in [1.54, 1.807) is 12.1 Å². The van der Waals surface area contributed by atoms with Gasteiger partial charge in [0.1, 0.15) is 6.10 Å². The van der Waals surface area contributed by atoms with Crippen molar-refractivity contribution in [2.45, 2.75) is 32.6 Å². The third-order valence-corrected chi connectivity index (χ3v) is 4.17. The van der Waals surface area contributed by atoms with Gasteiger partial charge >= 0.3 is 6.09 Å². The fraction of sp³-hybridized carbons (Fsp3) is 0.316. The van der Waals surface area contributed by atoms with Gasteiger partial charge in [-0.15, -0.1) is 0 Å². The minimum atomic E-state index is -0.455. The highest BCUT2D eigenvalue weighted by Gasteiger charge is 2.13. The molecule has 0 heterocycles. The molecule has 2 aromatic rings. The molecule has 0 fully saturated rings. The number of carbonyl (C=O) groups excluding carboxylic acids is 1. The fourth-order valence-corrected chi connectivity index (χ4v) is 2.60. The Bertz CT molecular complexity index is 680. The number of ether oxygens (including phenoxy) is 2. The first kappa shape index (κ1) is 19.6. The second-order valence-corrected chi connectivity index (χ2v) is 6.37. The summed E-state index contributed by atoms with van der Waals surface area (Å²) in [4.78, 5) is 11.9. The largest absolute Gasteiger partial charge is 0.444 e.